The largest absolute Gasteiger partial charge is 0.417 e. The summed E-state index contributed by atoms with van der Waals surface area (Å²) in [6.45, 7) is 3.78. The van der Waals surface area contributed by atoms with Crippen molar-refractivity contribution in [2.45, 2.75) is 25.6 Å². The average molecular weight is 363 g/mol. The van der Waals surface area contributed by atoms with Gasteiger partial charge in [-0.15, -0.1) is 0 Å². The molecule has 1 aliphatic heterocycles. The number of nitrogens with one attached hydrogen (secondary N) is 1. The molecule has 1 atom stereocenters. The topological polar surface area (TPSA) is 45.2 Å². The van der Waals surface area contributed by atoms with Gasteiger partial charge in [-0.05, 0) is 29.7 Å². The van der Waals surface area contributed by atoms with Crippen LogP contribution in [0.15, 0.2) is 42.6 Å². The molecule has 1 aromatic heterocycles. The molecule has 2 aromatic rings. The molecule has 1 aliphatic rings. The lowest BCUT2D eigenvalue weighted by atomic mass is 10.0. The number of halogens is 3. The predicted octanol–water partition coefficient (Wildman–Crippen LogP) is 3.45. The van der Waals surface area contributed by atoms with Gasteiger partial charge in [0.1, 0.15) is 5.69 Å². The number of pyridine rings is 1. The summed E-state index contributed by atoms with van der Waals surface area (Å²) < 4.78 is 38.0. The molecule has 0 aliphatic carbocycles. The number of carbonyl (C=O) groups excluding carboxylic acids is 1. The first-order valence-electron chi connectivity index (χ1n) is 8.54. The van der Waals surface area contributed by atoms with Crippen LogP contribution in [0.4, 0.5) is 13.2 Å². The molecular formula is C19H20F3N3O. The maximum atomic E-state index is 12.8. The maximum absolute atomic E-state index is 12.8. The first-order chi connectivity index (χ1) is 12.4. The summed E-state index contributed by atoms with van der Waals surface area (Å²) in [5.74, 6) is -0.357. The number of rotatable bonds is 3. The fraction of sp³-hybridized carbons (Fsp3) is 0.368. The Bertz CT molecular complexity index is 757. The number of hydrogen-bond acceptors (Lipinski definition) is 3. The molecule has 1 fully saturated rings. The van der Waals surface area contributed by atoms with Gasteiger partial charge < -0.3 is 10.2 Å². The Hall–Kier alpha value is -2.41. The summed E-state index contributed by atoms with van der Waals surface area (Å²) >= 11 is 0. The van der Waals surface area contributed by atoms with Crippen LogP contribution in [0.5, 0.6) is 0 Å². The molecular weight excluding hydrogens is 343 g/mol. The molecule has 0 spiro atoms. The van der Waals surface area contributed by atoms with Crippen LogP contribution in [0.3, 0.4) is 0 Å². The summed E-state index contributed by atoms with van der Waals surface area (Å²) in [6.07, 6.45) is -2.82. The number of benzene rings is 1. The summed E-state index contributed by atoms with van der Waals surface area (Å²) in [6, 6.07) is 9.92. The van der Waals surface area contributed by atoms with Crippen molar-refractivity contribution in [3.05, 3.63) is 65.0 Å². The van der Waals surface area contributed by atoms with Gasteiger partial charge in [-0.25, -0.2) is 0 Å². The Morgan fingerprint density at radius 2 is 1.96 bits per heavy atom. The molecule has 1 aromatic carbocycles. The third kappa shape index (κ3) is 3.88. The van der Waals surface area contributed by atoms with Gasteiger partial charge in [-0.2, -0.15) is 13.2 Å². The van der Waals surface area contributed by atoms with E-state index in [0.717, 1.165) is 24.1 Å². The van der Waals surface area contributed by atoms with Crippen molar-refractivity contribution in [2.24, 2.45) is 0 Å². The number of carbonyl (C=O) groups is 1. The van der Waals surface area contributed by atoms with Crippen molar-refractivity contribution in [1.29, 1.82) is 0 Å². The standard InChI is InChI=1S/C19H20F3N3O/c1-2-13-3-5-14(6-4-13)17-12-23-9-10-25(17)18(26)16-8-7-15(11-24-16)19(20,21)22/h3-8,11,17,23H,2,9-10,12H2,1H3. The molecule has 1 unspecified atom stereocenters. The predicted molar refractivity (Wildman–Crippen MR) is 91.7 cm³/mol. The minimum absolute atomic E-state index is 0.0232. The van der Waals surface area contributed by atoms with Crippen molar-refractivity contribution < 1.29 is 18.0 Å². The van der Waals surface area contributed by atoms with Crippen LogP contribution >= 0.6 is 0 Å². The van der Waals surface area contributed by atoms with Gasteiger partial charge in [-0.1, -0.05) is 31.2 Å². The van der Waals surface area contributed by atoms with Gasteiger partial charge in [0.25, 0.3) is 5.91 Å². The second kappa shape index (κ2) is 7.45. The Morgan fingerprint density at radius 3 is 2.54 bits per heavy atom. The molecule has 0 bridgehead atoms. The molecule has 1 amide bonds. The molecule has 1 N–H and O–H groups in total. The first-order valence-corrected chi connectivity index (χ1v) is 8.54. The highest BCUT2D eigenvalue weighted by Gasteiger charge is 2.32. The Balaban J connectivity index is 1.83. The molecule has 2 heterocycles. The fourth-order valence-corrected chi connectivity index (χ4v) is 3.06. The number of hydrogen-bond donors (Lipinski definition) is 1. The van der Waals surface area contributed by atoms with Gasteiger partial charge in [0.05, 0.1) is 11.6 Å². The van der Waals surface area contributed by atoms with Crippen molar-refractivity contribution in [2.75, 3.05) is 19.6 Å². The summed E-state index contributed by atoms with van der Waals surface area (Å²) in [5, 5.41) is 3.26. The van der Waals surface area contributed by atoms with Crippen LogP contribution < -0.4 is 5.32 Å². The number of piperazine rings is 1. The summed E-state index contributed by atoms with van der Waals surface area (Å²) in [5.41, 5.74) is 1.37. The minimum Gasteiger partial charge on any atom is -0.328 e. The number of aromatic nitrogens is 1. The SMILES string of the molecule is CCc1ccc(C2CNCCN2C(=O)c2ccc(C(F)(F)F)cn2)cc1. The van der Waals surface area contributed by atoms with Crippen LogP contribution in [0, 0.1) is 0 Å². The minimum atomic E-state index is -4.47. The van der Waals surface area contributed by atoms with E-state index in [0.29, 0.717) is 25.8 Å². The molecule has 0 saturated carbocycles. The van der Waals surface area contributed by atoms with Crippen LogP contribution in [-0.4, -0.2) is 35.4 Å². The fourth-order valence-electron chi connectivity index (χ4n) is 3.06. The maximum Gasteiger partial charge on any atom is 0.417 e. The third-order valence-corrected chi connectivity index (χ3v) is 4.59. The van der Waals surface area contributed by atoms with Crippen molar-refractivity contribution >= 4 is 5.91 Å². The lowest BCUT2D eigenvalue weighted by Crippen LogP contribution is -2.48. The number of aryl methyl sites for hydroxylation is 1. The Morgan fingerprint density at radius 1 is 1.23 bits per heavy atom. The van der Waals surface area contributed by atoms with E-state index in [9.17, 15) is 18.0 Å². The molecule has 26 heavy (non-hydrogen) atoms. The summed E-state index contributed by atoms with van der Waals surface area (Å²) in [4.78, 5) is 18.2. The molecule has 3 rings (SSSR count). The van der Waals surface area contributed by atoms with Gasteiger partial charge in [0.2, 0.25) is 0 Å². The molecule has 1 saturated heterocycles. The number of nitrogens with zero attached hydrogens (tertiary/aromatic N) is 2. The Kier molecular flexibility index (Phi) is 5.27. The van der Waals surface area contributed by atoms with Crippen molar-refractivity contribution in [1.82, 2.24) is 15.2 Å². The molecule has 7 heteroatoms. The highest BCUT2D eigenvalue weighted by Crippen LogP contribution is 2.29. The van der Waals surface area contributed by atoms with Crippen LogP contribution in [0.1, 0.15) is 40.1 Å². The second-order valence-electron chi connectivity index (χ2n) is 6.24. The highest BCUT2D eigenvalue weighted by molar-refractivity contribution is 5.92. The van der Waals surface area contributed by atoms with Crippen molar-refractivity contribution in [3.8, 4) is 0 Å². The molecule has 4 nitrogen and oxygen atoms in total. The smallest absolute Gasteiger partial charge is 0.328 e. The quantitative estimate of drug-likeness (QED) is 0.909. The van der Waals surface area contributed by atoms with Crippen molar-refractivity contribution in [3.63, 3.8) is 0 Å². The van der Waals surface area contributed by atoms with E-state index in [2.05, 4.69) is 17.2 Å². The lowest BCUT2D eigenvalue weighted by molar-refractivity contribution is -0.137. The Labute approximate surface area is 150 Å². The zero-order chi connectivity index (χ0) is 18.7. The third-order valence-electron chi connectivity index (χ3n) is 4.59. The van der Waals surface area contributed by atoms with E-state index in [1.165, 1.54) is 5.56 Å². The van der Waals surface area contributed by atoms with E-state index in [1.807, 2.05) is 24.3 Å². The summed E-state index contributed by atoms with van der Waals surface area (Å²) in [7, 11) is 0. The van der Waals surface area contributed by atoms with Crippen LogP contribution in [0.2, 0.25) is 0 Å². The van der Waals surface area contributed by atoms with Crippen LogP contribution in [-0.2, 0) is 12.6 Å². The van der Waals surface area contributed by atoms with E-state index >= 15 is 0 Å². The van der Waals surface area contributed by atoms with Gasteiger partial charge in [0, 0.05) is 25.8 Å². The van der Waals surface area contributed by atoms with Gasteiger partial charge >= 0.3 is 6.18 Å². The normalized spacial score (nSPS) is 18.0. The van der Waals surface area contributed by atoms with E-state index < -0.39 is 11.7 Å². The number of amides is 1. The monoisotopic (exact) mass is 363 g/mol. The zero-order valence-electron chi connectivity index (χ0n) is 14.4. The van der Waals surface area contributed by atoms with E-state index in [4.69, 9.17) is 0 Å². The molecule has 0 radical (unpaired) electrons. The van der Waals surface area contributed by atoms with Gasteiger partial charge in [0.15, 0.2) is 0 Å². The van der Waals surface area contributed by atoms with E-state index in [-0.39, 0.29) is 17.6 Å². The second-order valence-corrected chi connectivity index (χ2v) is 6.24. The van der Waals surface area contributed by atoms with E-state index in [1.54, 1.807) is 4.90 Å². The van der Waals surface area contributed by atoms with Crippen LogP contribution in [0.25, 0.3) is 0 Å². The molecule has 138 valence electrons. The number of alkyl halides is 3. The first kappa shape index (κ1) is 18.4. The van der Waals surface area contributed by atoms with Gasteiger partial charge in [-0.3, -0.25) is 9.78 Å². The lowest BCUT2D eigenvalue weighted by Gasteiger charge is -2.36. The zero-order valence-corrected chi connectivity index (χ0v) is 14.4. The highest BCUT2D eigenvalue weighted by atomic mass is 19.4. The average Bonchev–Trinajstić information content (AvgIpc) is 2.67.